The minimum absolute atomic E-state index is 7.56. The van der Waals surface area contributed by atoms with Crippen LogP contribution in [0.2, 0.25) is 0 Å². The average molecular weight is 410 g/mol. The molecule has 0 amide bonds. The number of rotatable bonds is 6. The molecule has 140 valence electrons. The lowest BCUT2D eigenvalue weighted by Gasteiger charge is -2.39. The molecular weight excluding hydrogens is 410 g/mol. The Morgan fingerprint density at radius 1 is 0.478 bits per heavy atom. The number of hydrogen-bond donors (Lipinski definition) is 0. The molecule has 0 bridgehead atoms. The summed E-state index contributed by atoms with van der Waals surface area (Å²) in [7, 11) is -15.6. The second kappa shape index (κ2) is 5.06. The highest BCUT2D eigenvalue weighted by atomic mass is 32.2. The van der Waals surface area contributed by atoms with Gasteiger partial charge in [-0.15, -0.1) is 0 Å². The van der Waals surface area contributed by atoms with Gasteiger partial charge < -0.3 is 9.11 Å². The van der Waals surface area contributed by atoms with Crippen LogP contribution in [0.3, 0.4) is 0 Å². The summed E-state index contributed by atoms with van der Waals surface area (Å²) in [5, 5.41) is -15.1. The maximum atomic E-state index is 12.8. The van der Waals surface area contributed by atoms with E-state index in [1.54, 1.807) is 0 Å². The van der Waals surface area contributed by atoms with E-state index in [1.807, 2.05) is 0 Å². The molecule has 0 saturated carbocycles. The van der Waals surface area contributed by atoms with Gasteiger partial charge in [0.05, 0.1) is 0 Å². The van der Waals surface area contributed by atoms with Crippen LogP contribution >= 0.6 is 0 Å². The van der Waals surface area contributed by atoms with Gasteiger partial charge in [-0.1, -0.05) is 0 Å². The third kappa shape index (κ3) is 2.74. The Hall–Kier alpha value is -0.880. The molecule has 0 aromatic rings. The maximum absolute atomic E-state index is 12.8. The zero-order valence-corrected chi connectivity index (χ0v) is 11.2. The Morgan fingerprint density at radius 2 is 0.652 bits per heavy atom. The molecule has 18 heteroatoms. The fourth-order valence-electron chi connectivity index (χ4n) is 0.877. The van der Waals surface area contributed by atoms with Crippen molar-refractivity contribution in [2.24, 2.45) is 0 Å². The van der Waals surface area contributed by atoms with Crippen LogP contribution in [0.4, 0.5) is 43.9 Å². The van der Waals surface area contributed by atoms with Gasteiger partial charge in [-0.3, -0.25) is 0 Å². The lowest BCUT2D eigenvalue weighted by Crippen LogP contribution is -2.69. The van der Waals surface area contributed by atoms with Crippen molar-refractivity contribution in [1.82, 2.24) is 0 Å². The first kappa shape index (κ1) is 22.1. The first-order chi connectivity index (χ1) is 9.50. The first-order valence-electron chi connectivity index (χ1n) is 4.30. The van der Waals surface area contributed by atoms with E-state index in [9.17, 15) is 69.8 Å². The van der Waals surface area contributed by atoms with Crippen LogP contribution in [0.5, 0.6) is 0 Å². The second-order valence-electron chi connectivity index (χ2n) is 3.66. The van der Waals surface area contributed by atoms with Gasteiger partial charge in [0.25, 0.3) is 0 Å². The molecule has 0 aromatic heterocycles. The highest BCUT2D eigenvalue weighted by molar-refractivity contribution is 7.87. The molecular formula is C5F10O6S2-2. The summed E-state index contributed by atoms with van der Waals surface area (Å²) in [4.78, 5) is 0. The van der Waals surface area contributed by atoms with Crippen molar-refractivity contribution in [2.75, 3.05) is 0 Å². The van der Waals surface area contributed by atoms with Crippen LogP contribution in [0.15, 0.2) is 0 Å². The minimum Gasteiger partial charge on any atom is -0.743 e. The predicted octanol–water partition coefficient (Wildman–Crippen LogP) is 1.17. The quantitative estimate of drug-likeness (QED) is 0.480. The van der Waals surface area contributed by atoms with E-state index in [0.29, 0.717) is 0 Å². The summed E-state index contributed by atoms with van der Waals surface area (Å²) in [6.07, 6.45) is 0. The maximum Gasteiger partial charge on any atom is 0.402 e. The van der Waals surface area contributed by atoms with Gasteiger partial charge in [-0.25, -0.2) is 16.8 Å². The van der Waals surface area contributed by atoms with E-state index in [4.69, 9.17) is 0 Å². The third-order valence-electron chi connectivity index (χ3n) is 2.15. The highest BCUT2D eigenvalue weighted by Crippen LogP contribution is 2.58. The van der Waals surface area contributed by atoms with Crippen molar-refractivity contribution in [3.63, 3.8) is 0 Å². The van der Waals surface area contributed by atoms with Gasteiger partial charge in [0, 0.05) is 0 Å². The van der Waals surface area contributed by atoms with Gasteiger partial charge in [-0.05, 0) is 0 Å². The third-order valence-corrected chi connectivity index (χ3v) is 3.92. The summed E-state index contributed by atoms with van der Waals surface area (Å²) in [5.41, 5.74) is 0. The normalized spacial score (nSPS) is 16.5. The van der Waals surface area contributed by atoms with Crippen LogP contribution in [-0.2, 0) is 20.2 Å². The largest absolute Gasteiger partial charge is 0.743 e. The minimum atomic E-state index is -8.15. The molecule has 0 unspecified atom stereocenters. The van der Waals surface area contributed by atoms with Crippen molar-refractivity contribution >= 4 is 20.2 Å². The molecule has 0 saturated heterocycles. The predicted molar refractivity (Wildman–Crippen MR) is 44.1 cm³/mol. The van der Waals surface area contributed by atoms with Crippen molar-refractivity contribution in [3.8, 4) is 0 Å². The molecule has 0 aliphatic heterocycles. The van der Waals surface area contributed by atoms with Gasteiger partial charge >= 0.3 is 28.3 Å². The summed E-state index contributed by atoms with van der Waals surface area (Å²) >= 11 is 0. The Bertz CT molecular complexity index is 621. The van der Waals surface area contributed by atoms with E-state index in [2.05, 4.69) is 0 Å². The standard InChI is InChI=1S/C5H2F10O6S2/c6-1(7,2(8,9)4(12,13)22(16,17)18)3(10,11)5(14,15)23(19,20)21/h(H,16,17,18)(H,19,20,21)/p-2. The van der Waals surface area contributed by atoms with Crippen molar-refractivity contribution < 1.29 is 69.8 Å². The lowest BCUT2D eigenvalue weighted by atomic mass is 10.0. The average Bonchev–Trinajstić information content (AvgIpc) is 2.24. The van der Waals surface area contributed by atoms with E-state index in [-0.39, 0.29) is 0 Å². The van der Waals surface area contributed by atoms with E-state index in [1.165, 1.54) is 0 Å². The van der Waals surface area contributed by atoms with E-state index in [0.717, 1.165) is 0 Å². The molecule has 0 aliphatic rings. The Balaban J connectivity index is 6.60. The Labute approximate surface area is 119 Å². The highest BCUT2D eigenvalue weighted by Gasteiger charge is 2.89. The molecule has 0 N–H and O–H groups in total. The molecule has 0 aromatic carbocycles. The van der Waals surface area contributed by atoms with Crippen LogP contribution in [-0.4, -0.2) is 54.2 Å². The number of alkyl halides is 10. The molecule has 0 fully saturated rings. The van der Waals surface area contributed by atoms with Crippen molar-refractivity contribution in [3.05, 3.63) is 0 Å². The SMILES string of the molecule is O=S(=O)([O-])C(F)(F)C(F)(F)C(F)(F)C(F)(F)C(F)(F)S(=O)(=O)[O-]. The zero-order valence-electron chi connectivity index (χ0n) is 9.55. The second-order valence-corrected chi connectivity index (χ2v) is 6.51. The van der Waals surface area contributed by atoms with Gasteiger partial charge in [0.15, 0.2) is 20.2 Å². The van der Waals surface area contributed by atoms with Crippen LogP contribution in [0, 0.1) is 0 Å². The molecule has 0 atom stereocenters. The first-order valence-corrected chi connectivity index (χ1v) is 7.11. The van der Waals surface area contributed by atoms with Crippen LogP contribution in [0.1, 0.15) is 0 Å². The van der Waals surface area contributed by atoms with E-state index < -0.39 is 48.5 Å². The topological polar surface area (TPSA) is 114 Å². The van der Waals surface area contributed by atoms with Crippen LogP contribution < -0.4 is 0 Å². The number of hydrogen-bond acceptors (Lipinski definition) is 6. The lowest BCUT2D eigenvalue weighted by molar-refractivity contribution is -0.376. The van der Waals surface area contributed by atoms with Crippen molar-refractivity contribution in [1.29, 1.82) is 0 Å². The Morgan fingerprint density at radius 3 is 0.783 bits per heavy atom. The molecule has 0 aliphatic carbocycles. The summed E-state index contributed by atoms with van der Waals surface area (Å²) in [6, 6.07) is 0. The monoisotopic (exact) mass is 410 g/mol. The fourth-order valence-corrected chi connectivity index (χ4v) is 1.76. The molecule has 0 radical (unpaired) electrons. The smallest absolute Gasteiger partial charge is 0.402 e. The van der Waals surface area contributed by atoms with Gasteiger partial charge in [0.2, 0.25) is 0 Å². The summed E-state index contributed by atoms with van der Waals surface area (Å²) in [6.45, 7) is 0. The van der Waals surface area contributed by atoms with Gasteiger partial charge in [-0.2, -0.15) is 43.9 Å². The van der Waals surface area contributed by atoms with Crippen LogP contribution in [0.25, 0.3) is 0 Å². The number of halogens is 10. The molecule has 6 nitrogen and oxygen atoms in total. The zero-order chi connectivity index (χ0) is 19.5. The fraction of sp³-hybridized carbons (Fsp3) is 1.00. The summed E-state index contributed by atoms with van der Waals surface area (Å²) in [5.74, 6) is -24.2. The van der Waals surface area contributed by atoms with Crippen molar-refractivity contribution in [2.45, 2.75) is 28.3 Å². The molecule has 0 rings (SSSR count). The van der Waals surface area contributed by atoms with Gasteiger partial charge in [0.1, 0.15) is 0 Å². The Kier molecular flexibility index (Phi) is 4.86. The van der Waals surface area contributed by atoms with E-state index >= 15 is 0 Å². The molecule has 0 spiro atoms. The molecule has 0 heterocycles. The molecule has 23 heavy (non-hydrogen) atoms. The summed E-state index contributed by atoms with van der Waals surface area (Å²) < 4.78 is 185.